The molecule has 4 N–H and O–H groups in total. The number of anilines is 1. The Balaban J connectivity index is 2.71. The van der Waals surface area contributed by atoms with Crippen molar-refractivity contribution >= 4 is 29.1 Å². The number of nitrogen functional groups attached to an aromatic ring is 1. The van der Waals surface area contributed by atoms with Crippen molar-refractivity contribution in [2.24, 2.45) is 0 Å². The smallest absolute Gasteiger partial charge is 0.252 e. The Bertz CT molecular complexity index is 469. The first kappa shape index (κ1) is 15.3. The van der Waals surface area contributed by atoms with E-state index >= 15 is 0 Å². The highest BCUT2D eigenvalue weighted by molar-refractivity contribution is 6.31. The first-order chi connectivity index (χ1) is 8.79. The molecule has 1 rings (SSSR count). The van der Waals surface area contributed by atoms with Gasteiger partial charge in [0, 0.05) is 22.3 Å². The van der Waals surface area contributed by atoms with E-state index in [2.05, 4.69) is 10.6 Å². The molecule has 5 nitrogen and oxygen atoms in total. The van der Waals surface area contributed by atoms with Crippen LogP contribution in [-0.4, -0.2) is 23.9 Å². The number of hydrogen-bond acceptors (Lipinski definition) is 3. The van der Waals surface area contributed by atoms with Crippen LogP contribution in [0.2, 0.25) is 5.02 Å². The molecule has 0 aliphatic carbocycles. The molecule has 0 bridgehead atoms. The van der Waals surface area contributed by atoms with Gasteiger partial charge in [0.2, 0.25) is 5.91 Å². The lowest BCUT2D eigenvalue weighted by Crippen LogP contribution is -2.46. The van der Waals surface area contributed by atoms with Crippen molar-refractivity contribution in [3.8, 4) is 0 Å². The van der Waals surface area contributed by atoms with Crippen LogP contribution in [0.25, 0.3) is 0 Å². The van der Waals surface area contributed by atoms with Crippen molar-refractivity contribution in [2.45, 2.75) is 32.9 Å². The van der Waals surface area contributed by atoms with Gasteiger partial charge in [-0.2, -0.15) is 0 Å². The lowest BCUT2D eigenvalue weighted by molar-refractivity contribution is -0.123. The first-order valence-corrected chi connectivity index (χ1v) is 6.34. The highest BCUT2D eigenvalue weighted by Gasteiger charge is 2.17. The first-order valence-electron chi connectivity index (χ1n) is 5.97. The molecule has 0 aromatic heterocycles. The van der Waals surface area contributed by atoms with Gasteiger partial charge in [0.1, 0.15) is 6.04 Å². The molecule has 104 valence electrons. The molecule has 1 aromatic rings. The van der Waals surface area contributed by atoms with Crippen molar-refractivity contribution in [2.75, 3.05) is 5.73 Å². The average Bonchev–Trinajstić information content (AvgIpc) is 2.26. The summed E-state index contributed by atoms with van der Waals surface area (Å²) in [6.45, 7) is 5.32. The standard InChI is InChI=1S/C13H18ClN3O2/c1-7(2)16-12(18)8(3)17-13(19)9-4-10(14)6-11(15)5-9/h4-8H,15H2,1-3H3,(H,16,18)(H,17,19). The molecular weight excluding hydrogens is 266 g/mol. The van der Waals surface area contributed by atoms with Gasteiger partial charge in [-0.25, -0.2) is 0 Å². The summed E-state index contributed by atoms with van der Waals surface area (Å²) in [4.78, 5) is 23.6. The molecule has 0 aliphatic rings. The van der Waals surface area contributed by atoms with E-state index in [-0.39, 0.29) is 17.9 Å². The van der Waals surface area contributed by atoms with Crippen LogP contribution in [0.5, 0.6) is 0 Å². The Kier molecular flexibility index (Phi) is 5.18. The minimum Gasteiger partial charge on any atom is -0.399 e. The summed E-state index contributed by atoms with van der Waals surface area (Å²) in [5, 5.41) is 5.69. The fraction of sp³-hybridized carbons (Fsp3) is 0.385. The molecule has 0 aliphatic heterocycles. The minimum atomic E-state index is -0.630. The van der Waals surface area contributed by atoms with Gasteiger partial charge < -0.3 is 16.4 Å². The van der Waals surface area contributed by atoms with Gasteiger partial charge in [-0.1, -0.05) is 11.6 Å². The lowest BCUT2D eigenvalue weighted by Gasteiger charge is -2.16. The highest BCUT2D eigenvalue weighted by atomic mass is 35.5. The van der Waals surface area contributed by atoms with E-state index in [1.54, 1.807) is 13.0 Å². The minimum absolute atomic E-state index is 0.0219. The summed E-state index contributed by atoms with van der Waals surface area (Å²) < 4.78 is 0. The van der Waals surface area contributed by atoms with E-state index < -0.39 is 6.04 Å². The van der Waals surface area contributed by atoms with Gasteiger partial charge in [-0.15, -0.1) is 0 Å². The maximum Gasteiger partial charge on any atom is 0.252 e. The summed E-state index contributed by atoms with van der Waals surface area (Å²) in [7, 11) is 0. The molecule has 1 aromatic carbocycles. The van der Waals surface area contributed by atoms with E-state index in [1.165, 1.54) is 12.1 Å². The Morgan fingerprint density at radius 3 is 2.32 bits per heavy atom. The van der Waals surface area contributed by atoms with Gasteiger partial charge in [-0.3, -0.25) is 9.59 Å². The number of halogens is 1. The van der Waals surface area contributed by atoms with Crippen molar-refractivity contribution in [1.82, 2.24) is 10.6 Å². The van der Waals surface area contributed by atoms with E-state index in [0.29, 0.717) is 16.3 Å². The molecule has 0 saturated carbocycles. The summed E-state index contributed by atoms with van der Waals surface area (Å²) in [5.74, 6) is -0.626. The number of carbonyl (C=O) groups is 2. The number of hydrogen-bond donors (Lipinski definition) is 3. The highest BCUT2D eigenvalue weighted by Crippen LogP contribution is 2.16. The van der Waals surface area contributed by atoms with Crippen LogP contribution >= 0.6 is 11.6 Å². The van der Waals surface area contributed by atoms with Crippen LogP contribution in [0.3, 0.4) is 0 Å². The van der Waals surface area contributed by atoms with Crippen LogP contribution in [0.1, 0.15) is 31.1 Å². The number of amides is 2. The third-order valence-electron chi connectivity index (χ3n) is 2.35. The molecule has 2 amide bonds. The van der Waals surface area contributed by atoms with E-state index in [1.807, 2.05) is 13.8 Å². The fourth-order valence-electron chi connectivity index (χ4n) is 1.50. The quantitative estimate of drug-likeness (QED) is 0.733. The molecular formula is C13H18ClN3O2. The number of rotatable bonds is 4. The number of benzene rings is 1. The van der Waals surface area contributed by atoms with Crippen molar-refractivity contribution in [1.29, 1.82) is 0 Å². The lowest BCUT2D eigenvalue weighted by atomic mass is 10.1. The second-order valence-corrected chi connectivity index (χ2v) is 5.07. The van der Waals surface area contributed by atoms with Crippen LogP contribution in [0.4, 0.5) is 5.69 Å². The largest absolute Gasteiger partial charge is 0.399 e. The van der Waals surface area contributed by atoms with Gasteiger partial charge >= 0.3 is 0 Å². The Morgan fingerprint density at radius 2 is 1.79 bits per heavy atom. The molecule has 6 heteroatoms. The summed E-state index contributed by atoms with van der Waals surface area (Å²) in [6.07, 6.45) is 0. The Labute approximate surface area is 117 Å². The number of carbonyl (C=O) groups excluding carboxylic acids is 2. The molecule has 1 unspecified atom stereocenters. The zero-order valence-electron chi connectivity index (χ0n) is 11.2. The summed E-state index contributed by atoms with van der Waals surface area (Å²) in [5.41, 5.74) is 6.34. The predicted molar refractivity (Wildman–Crippen MR) is 76.1 cm³/mol. The van der Waals surface area contributed by atoms with Gasteiger partial charge in [-0.05, 0) is 39.0 Å². The van der Waals surface area contributed by atoms with Crippen LogP contribution in [-0.2, 0) is 4.79 Å². The zero-order chi connectivity index (χ0) is 14.6. The topological polar surface area (TPSA) is 84.2 Å². The Hall–Kier alpha value is -1.75. The maximum atomic E-state index is 11.9. The van der Waals surface area contributed by atoms with Crippen molar-refractivity contribution in [3.63, 3.8) is 0 Å². The molecule has 0 fully saturated rings. The molecule has 19 heavy (non-hydrogen) atoms. The summed E-state index contributed by atoms with van der Waals surface area (Å²) >= 11 is 5.82. The molecule has 0 radical (unpaired) electrons. The van der Waals surface area contributed by atoms with E-state index in [9.17, 15) is 9.59 Å². The molecule has 1 atom stereocenters. The fourth-order valence-corrected chi connectivity index (χ4v) is 1.74. The molecule has 0 spiro atoms. The number of nitrogens with two attached hydrogens (primary N) is 1. The second kappa shape index (κ2) is 6.43. The molecule has 0 heterocycles. The second-order valence-electron chi connectivity index (χ2n) is 4.63. The van der Waals surface area contributed by atoms with Gasteiger partial charge in [0.25, 0.3) is 5.91 Å². The SMILES string of the molecule is CC(C)NC(=O)C(C)NC(=O)c1cc(N)cc(Cl)c1. The Morgan fingerprint density at radius 1 is 1.16 bits per heavy atom. The van der Waals surface area contributed by atoms with Crippen LogP contribution < -0.4 is 16.4 Å². The average molecular weight is 284 g/mol. The summed E-state index contributed by atoms with van der Waals surface area (Å²) in [6, 6.07) is 3.95. The number of nitrogens with one attached hydrogen (secondary N) is 2. The monoisotopic (exact) mass is 283 g/mol. The normalized spacial score (nSPS) is 12.1. The van der Waals surface area contributed by atoms with E-state index in [0.717, 1.165) is 0 Å². The third kappa shape index (κ3) is 4.79. The van der Waals surface area contributed by atoms with Crippen LogP contribution in [0.15, 0.2) is 18.2 Å². The van der Waals surface area contributed by atoms with Crippen LogP contribution in [0, 0.1) is 0 Å². The maximum absolute atomic E-state index is 11.9. The third-order valence-corrected chi connectivity index (χ3v) is 2.57. The van der Waals surface area contributed by atoms with E-state index in [4.69, 9.17) is 17.3 Å². The zero-order valence-corrected chi connectivity index (χ0v) is 11.9. The molecule has 0 saturated heterocycles. The van der Waals surface area contributed by atoms with Crippen molar-refractivity contribution in [3.05, 3.63) is 28.8 Å². The predicted octanol–water partition coefficient (Wildman–Crippen LogP) is 1.57. The van der Waals surface area contributed by atoms with Gasteiger partial charge in [0.15, 0.2) is 0 Å². The van der Waals surface area contributed by atoms with Gasteiger partial charge in [0.05, 0.1) is 0 Å². The van der Waals surface area contributed by atoms with Crippen molar-refractivity contribution < 1.29 is 9.59 Å².